The molecular formula is C20H24ClFO3. The molecule has 0 spiro atoms. The molecule has 0 aliphatic heterocycles. The fraction of sp³-hybridized carbons (Fsp3) is 0.400. The molecule has 2 rings (SSSR count). The molecule has 0 heterocycles. The van der Waals surface area contributed by atoms with Crippen molar-refractivity contribution in [3.8, 4) is 11.5 Å². The fourth-order valence-electron chi connectivity index (χ4n) is 2.50. The summed E-state index contributed by atoms with van der Waals surface area (Å²) in [6, 6.07) is 15.5. The van der Waals surface area contributed by atoms with Gasteiger partial charge in [0, 0.05) is 5.41 Å². The zero-order valence-electron chi connectivity index (χ0n) is 14.5. The molecule has 0 aromatic heterocycles. The Morgan fingerprint density at radius 2 is 1.44 bits per heavy atom. The number of ether oxygens (including phenoxy) is 2. The van der Waals surface area contributed by atoms with Crippen LogP contribution >= 0.6 is 11.6 Å². The highest BCUT2D eigenvalue weighted by molar-refractivity contribution is 6.18. The van der Waals surface area contributed by atoms with Crippen molar-refractivity contribution in [3.05, 3.63) is 59.7 Å². The van der Waals surface area contributed by atoms with Gasteiger partial charge in [-0.15, -0.1) is 11.6 Å². The summed E-state index contributed by atoms with van der Waals surface area (Å²) in [6.45, 7) is 4.02. The molecule has 0 bridgehead atoms. The van der Waals surface area contributed by atoms with Gasteiger partial charge in [-0.25, -0.2) is 4.39 Å². The molecule has 3 nitrogen and oxygen atoms in total. The first kappa shape index (κ1) is 19.5. The lowest BCUT2D eigenvalue weighted by atomic mass is 9.78. The highest BCUT2D eigenvalue weighted by Crippen LogP contribution is 2.33. The zero-order chi connectivity index (χ0) is 18.3. The van der Waals surface area contributed by atoms with Crippen molar-refractivity contribution in [2.24, 2.45) is 0 Å². The maximum absolute atomic E-state index is 12.2. The third kappa shape index (κ3) is 5.35. The molecule has 0 fully saturated rings. The molecule has 2 aromatic rings. The lowest BCUT2D eigenvalue weighted by Gasteiger charge is -2.26. The Morgan fingerprint density at radius 1 is 0.960 bits per heavy atom. The molecule has 0 aliphatic carbocycles. The average molecular weight is 367 g/mol. The topological polar surface area (TPSA) is 38.7 Å². The maximum atomic E-state index is 12.2. The Hall–Kier alpha value is -1.78. The molecule has 1 N–H and O–H groups in total. The number of hydrogen-bond acceptors (Lipinski definition) is 3. The predicted octanol–water partition coefficient (Wildman–Crippen LogP) is 4.34. The third-order valence-electron chi connectivity index (χ3n) is 4.12. The van der Waals surface area contributed by atoms with Crippen LogP contribution in [0.4, 0.5) is 4.39 Å². The maximum Gasteiger partial charge on any atom is 0.123 e. The first-order valence-corrected chi connectivity index (χ1v) is 8.77. The second-order valence-electron chi connectivity index (χ2n) is 6.33. The molecule has 0 saturated carbocycles. The van der Waals surface area contributed by atoms with E-state index in [1.165, 1.54) is 0 Å². The summed E-state index contributed by atoms with van der Waals surface area (Å²) in [7, 11) is 0. The number of alkyl halides is 2. The lowest BCUT2D eigenvalue weighted by Crippen LogP contribution is -2.20. The highest BCUT2D eigenvalue weighted by Gasteiger charge is 2.23. The summed E-state index contributed by atoms with van der Waals surface area (Å²) < 4.78 is 22.9. The molecule has 5 heteroatoms. The molecule has 0 radical (unpaired) electrons. The van der Waals surface area contributed by atoms with Crippen LogP contribution in [0.3, 0.4) is 0 Å². The standard InChI is InChI=1S/C20H24ClFO3/c1-20(2,15-3-7-18(8-4-15)24-12-11-22)16-5-9-19(10-6-16)25-14-17(23)13-21/h3-10,17,23H,11-14H2,1-2H3. The molecule has 0 aliphatic rings. The van der Waals surface area contributed by atoms with Gasteiger partial charge in [-0.05, 0) is 35.4 Å². The number of rotatable bonds is 9. The molecule has 25 heavy (non-hydrogen) atoms. The summed E-state index contributed by atoms with van der Waals surface area (Å²) in [5, 5.41) is 9.44. The Balaban J connectivity index is 2.07. The van der Waals surface area contributed by atoms with Gasteiger partial charge in [0.1, 0.15) is 37.5 Å². The minimum atomic E-state index is -0.670. The lowest BCUT2D eigenvalue weighted by molar-refractivity contribution is 0.125. The van der Waals surface area contributed by atoms with Crippen molar-refractivity contribution >= 4 is 11.6 Å². The smallest absolute Gasteiger partial charge is 0.123 e. The minimum absolute atomic E-state index is 0.0720. The van der Waals surface area contributed by atoms with Crippen LogP contribution in [0.25, 0.3) is 0 Å². The first-order chi connectivity index (χ1) is 12.0. The minimum Gasteiger partial charge on any atom is -0.491 e. The van der Waals surface area contributed by atoms with Gasteiger partial charge in [-0.3, -0.25) is 0 Å². The number of halogens is 2. The summed E-state index contributed by atoms with van der Waals surface area (Å²) in [6.07, 6.45) is -0.670. The molecule has 2 aromatic carbocycles. The van der Waals surface area contributed by atoms with E-state index in [2.05, 4.69) is 13.8 Å². The van der Waals surface area contributed by atoms with Gasteiger partial charge in [0.25, 0.3) is 0 Å². The second kappa shape index (κ2) is 9.07. The van der Waals surface area contributed by atoms with Crippen LogP contribution in [0.5, 0.6) is 11.5 Å². The Labute approximate surface area is 153 Å². The Kier molecular flexibility index (Phi) is 7.09. The van der Waals surface area contributed by atoms with Gasteiger partial charge < -0.3 is 14.6 Å². The first-order valence-electron chi connectivity index (χ1n) is 8.24. The Bertz CT molecular complexity index is 641. The van der Waals surface area contributed by atoms with E-state index in [0.29, 0.717) is 11.5 Å². The van der Waals surface area contributed by atoms with Crippen molar-refractivity contribution in [2.45, 2.75) is 25.4 Å². The quantitative estimate of drug-likeness (QED) is 0.671. The molecule has 1 atom stereocenters. The van der Waals surface area contributed by atoms with Crippen LogP contribution in [0.15, 0.2) is 48.5 Å². The zero-order valence-corrected chi connectivity index (χ0v) is 15.3. The molecular weight excluding hydrogens is 343 g/mol. The van der Waals surface area contributed by atoms with E-state index >= 15 is 0 Å². The molecule has 0 saturated heterocycles. The largest absolute Gasteiger partial charge is 0.491 e. The van der Waals surface area contributed by atoms with Crippen molar-refractivity contribution in [1.29, 1.82) is 0 Å². The van der Waals surface area contributed by atoms with Gasteiger partial charge >= 0.3 is 0 Å². The van der Waals surface area contributed by atoms with E-state index < -0.39 is 12.8 Å². The van der Waals surface area contributed by atoms with E-state index in [1.807, 2.05) is 48.5 Å². The highest BCUT2D eigenvalue weighted by atomic mass is 35.5. The van der Waals surface area contributed by atoms with Crippen molar-refractivity contribution in [1.82, 2.24) is 0 Å². The van der Waals surface area contributed by atoms with Crippen molar-refractivity contribution in [3.63, 3.8) is 0 Å². The van der Waals surface area contributed by atoms with Crippen LogP contribution in [-0.4, -0.2) is 37.0 Å². The fourth-order valence-corrected chi connectivity index (χ4v) is 2.58. The summed E-state index contributed by atoms with van der Waals surface area (Å²) >= 11 is 5.55. The van der Waals surface area contributed by atoms with E-state index in [9.17, 15) is 9.50 Å². The predicted molar refractivity (Wildman–Crippen MR) is 98.7 cm³/mol. The summed E-state index contributed by atoms with van der Waals surface area (Å²) in [4.78, 5) is 0. The monoisotopic (exact) mass is 366 g/mol. The van der Waals surface area contributed by atoms with E-state index in [4.69, 9.17) is 21.1 Å². The summed E-state index contributed by atoms with van der Waals surface area (Å²) in [5.41, 5.74) is 2.06. The van der Waals surface area contributed by atoms with Crippen LogP contribution in [-0.2, 0) is 5.41 Å². The van der Waals surface area contributed by atoms with Gasteiger partial charge in [-0.1, -0.05) is 38.1 Å². The van der Waals surface area contributed by atoms with E-state index in [0.717, 1.165) is 11.1 Å². The molecule has 1 unspecified atom stereocenters. The van der Waals surface area contributed by atoms with Crippen molar-refractivity contribution in [2.75, 3.05) is 25.8 Å². The number of aliphatic hydroxyl groups is 1. The third-order valence-corrected chi connectivity index (χ3v) is 4.47. The van der Waals surface area contributed by atoms with Gasteiger partial charge in [0.05, 0.1) is 5.88 Å². The van der Waals surface area contributed by atoms with Gasteiger partial charge in [-0.2, -0.15) is 0 Å². The van der Waals surface area contributed by atoms with Crippen LogP contribution < -0.4 is 9.47 Å². The van der Waals surface area contributed by atoms with Gasteiger partial charge in [0.15, 0.2) is 0 Å². The Morgan fingerprint density at radius 3 is 1.88 bits per heavy atom. The second-order valence-corrected chi connectivity index (χ2v) is 6.64. The number of hydrogen-bond donors (Lipinski definition) is 1. The summed E-state index contributed by atoms with van der Waals surface area (Å²) in [5.74, 6) is 1.51. The average Bonchev–Trinajstić information content (AvgIpc) is 2.65. The van der Waals surface area contributed by atoms with Crippen LogP contribution in [0.1, 0.15) is 25.0 Å². The van der Waals surface area contributed by atoms with E-state index in [1.54, 1.807) is 0 Å². The van der Waals surface area contributed by atoms with E-state index in [-0.39, 0.29) is 24.5 Å². The number of aliphatic hydroxyl groups excluding tert-OH is 1. The van der Waals surface area contributed by atoms with Crippen LogP contribution in [0, 0.1) is 0 Å². The number of benzene rings is 2. The van der Waals surface area contributed by atoms with Crippen LogP contribution in [0.2, 0.25) is 0 Å². The molecule has 136 valence electrons. The molecule has 0 amide bonds. The normalized spacial score (nSPS) is 12.7. The van der Waals surface area contributed by atoms with Crippen molar-refractivity contribution < 1.29 is 19.0 Å². The SMILES string of the molecule is CC(C)(c1ccc(OCCF)cc1)c1ccc(OCC(O)CCl)cc1. The van der Waals surface area contributed by atoms with Gasteiger partial charge in [0.2, 0.25) is 0 Å².